The van der Waals surface area contributed by atoms with Gasteiger partial charge in [0, 0.05) is 26.5 Å². The molecule has 10 rings (SSSR count). The Morgan fingerprint density at radius 3 is 1.55 bits per heavy atom. The number of hydrogen-bond acceptors (Lipinski definition) is 5. The summed E-state index contributed by atoms with van der Waals surface area (Å²) in [5.41, 5.74) is 10.3. The lowest BCUT2D eigenvalue weighted by molar-refractivity contribution is 0.591. The van der Waals surface area contributed by atoms with Crippen molar-refractivity contribution in [3.05, 3.63) is 186 Å². The van der Waals surface area contributed by atoms with E-state index in [1.165, 1.54) is 43.2 Å². The first-order valence-corrected chi connectivity index (χ1v) is 17.2. The molecule has 1 aliphatic heterocycles. The van der Waals surface area contributed by atoms with Crippen LogP contribution in [-0.4, -0.2) is 15.0 Å². The van der Waals surface area contributed by atoms with Crippen LogP contribution in [-0.2, 0) is 5.41 Å². The smallest absolute Gasteiger partial charge is 0.199 e. The molecule has 0 bridgehead atoms. The van der Waals surface area contributed by atoms with E-state index in [2.05, 4.69) is 91.0 Å². The second-order valence-corrected chi connectivity index (χ2v) is 13.4. The van der Waals surface area contributed by atoms with Gasteiger partial charge in [0.05, 0.1) is 5.41 Å². The SMILES string of the molecule is c1ccc(-c2nc(-c3ccccc3)nc(-c3ccc(-c4ccc5c(c4)Sc4ccccc4C54c5ccccc5-c5ccccc54)o3)n2)cc1. The monoisotopic (exact) mass is 645 g/mol. The highest BCUT2D eigenvalue weighted by molar-refractivity contribution is 7.99. The second-order valence-electron chi connectivity index (χ2n) is 12.4. The van der Waals surface area contributed by atoms with Gasteiger partial charge in [-0.3, -0.25) is 0 Å². The topological polar surface area (TPSA) is 51.8 Å². The van der Waals surface area contributed by atoms with Crippen LogP contribution < -0.4 is 0 Å². The zero-order valence-corrected chi connectivity index (χ0v) is 27.1. The van der Waals surface area contributed by atoms with Gasteiger partial charge in [0.2, 0.25) is 0 Å². The van der Waals surface area contributed by atoms with E-state index in [-0.39, 0.29) is 0 Å². The van der Waals surface area contributed by atoms with Crippen LogP contribution in [0.3, 0.4) is 0 Å². The molecule has 0 fully saturated rings. The highest BCUT2D eigenvalue weighted by Crippen LogP contribution is 2.62. The molecule has 5 heteroatoms. The molecule has 3 heterocycles. The first kappa shape index (κ1) is 28.0. The van der Waals surface area contributed by atoms with Crippen molar-refractivity contribution in [2.45, 2.75) is 15.2 Å². The third kappa shape index (κ3) is 4.29. The van der Waals surface area contributed by atoms with E-state index in [1.54, 1.807) is 0 Å². The van der Waals surface area contributed by atoms with Gasteiger partial charge in [0.1, 0.15) is 5.76 Å². The Kier molecular flexibility index (Phi) is 6.30. The average molecular weight is 646 g/mol. The largest absolute Gasteiger partial charge is 0.453 e. The summed E-state index contributed by atoms with van der Waals surface area (Å²) in [5, 5.41) is 0. The highest BCUT2D eigenvalue weighted by atomic mass is 32.2. The first-order chi connectivity index (χ1) is 24.3. The van der Waals surface area contributed by atoms with Crippen molar-refractivity contribution in [2.75, 3.05) is 0 Å². The van der Waals surface area contributed by atoms with Gasteiger partial charge >= 0.3 is 0 Å². The lowest BCUT2D eigenvalue weighted by Crippen LogP contribution is -2.31. The maximum atomic E-state index is 6.57. The van der Waals surface area contributed by atoms with E-state index < -0.39 is 5.41 Å². The molecule has 4 nitrogen and oxygen atoms in total. The van der Waals surface area contributed by atoms with Gasteiger partial charge in [-0.1, -0.05) is 151 Å². The number of nitrogens with zero attached hydrogens (tertiary/aromatic N) is 3. The molecular formula is C44H27N3OS. The van der Waals surface area contributed by atoms with Crippen molar-refractivity contribution in [3.8, 4) is 56.8 Å². The predicted molar refractivity (Wildman–Crippen MR) is 195 cm³/mol. The molecule has 49 heavy (non-hydrogen) atoms. The van der Waals surface area contributed by atoms with Crippen molar-refractivity contribution >= 4 is 11.8 Å². The number of hydrogen-bond donors (Lipinski definition) is 0. The van der Waals surface area contributed by atoms with Crippen LogP contribution in [0.25, 0.3) is 56.8 Å². The summed E-state index contributed by atoms with van der Waals surface area (Å²) in [7, 11) is 0. The van der Waals surface area contributed by atoms with Crippen molar-refractivity contribution in [1.82, 2.24) is 15.0 Å². The maximum absolute atomic E-state index is 6.57. The molecule has 1 aliphatic carbocycles. The Morgan fingerprint density at radius 1 is 0.388 bits per heavy atom. The third-order valence-corrected chi connectivity index (χ3v) is 10.8. The average Bonchev–Trinajstić information content (AvgIpc) is 3.78. The maximum Gasteiger partial charge on any atom is 0.199 e. The Labute approximate surface area is 288 Å². The lowest BCUT2D eigenvalue weighted by atomic mass is 9.67. The molecule has 230 valence electrons. The zero-order chi connectivity index (χ0) is 32.4. The van der Waals surface area contributed by atoms with Crippen LogP contribution in [0, 0.1) is 0 Å². The van der Waals surface area contributed by atoms with E-state index in [0.717, 1.165) is 22.5 Å². The molecule has 0 unspecified atom stereocenters. The summed E-state index contributed by atoms with van der Waals surface area (Å²) in [4.78, 5) is 17.1. The minimum absolute atomic E-state index is 0.399. The van der Waals surface area contributed by atoms with Crippen LogP contribution in [0.2, 0.25) is 0 Å². The van der Waals surface area contributed by atoms with Gasteiger partial charge < -0.3 is 4.42 Å². The Morgan fingerprint density at radius 2 is 0.898 bits per heavy atom. The van der Waals surface area contributed by atoms with E-state index >= 15 is 0 Å². The summed E-state index contributed by atoms with van der Waals surface area (Å²) in [5.74, 6) is 3.07. The van der Waals surface area contributed by atoms with Crippen molar-refractivity contribution in [1.29, 1.82) is 0 Å². The van der Waals surface area contributed by atoms with Crippen LogP contribution >= 0.6 is 11.8 Å². The minimum Gasteiger partial charge on any atom is -0.453 e. The van der Waals surface area contributed by atoms with Gasteiger partial charge in [-0.2, -0.15) is 0 Å². The number of furan rings is 1. The van der Waals surface area contributed by atoms with Gasteiger partial charge in [0.15, 0.2) is 23.2 Å². The molecule has 0 amide bonds. The third-order valence-electron chi connectivity index (χ3n) is 9.66. The highest BCUT2D eigenvalue weighted by Gasteiger charge is 2.50. The number of fused-ring (bicyclic) bond motifs is 9. The molecule has 0 saturated carbocycles. The van der Waals surface area contributed by atoms with Crippen molar-refractivity contribution in [3.63, 3.8) is 0 Å². The molecule has 8 aromatic rings. The molecule has 6 aromatic carbocycles. The van der Waals surface area contributed by atoms with Gasteiger partial charge in [-0.05, 0) is 57.6 Å². The molecule has 1 spiro atoms. The summed E-state index contributed by atoms with van der Waals surface area (Å²) in [6, 6.07) is 57.4. The fourth-order valence-electron chi connectivity index (χ4n) is 7.55. The van der Waals surface area contributed by atoms with Crippen molar-refractivity contribution < 1.29 is 4.42 Å². The number of aromatic nitrogens is 3. The van der Waals surface area contributed by atoms with Crippen LogP contribution in [0.5, 0.6) is 0 Å². The Balaban J connectivity index is 1.11. The van der Waals surface area contributed by atoms with E-state index in [1.807, 2.05) is 84.6 Å². The molecular weight excluding hydrogens is 619 g/mol. The zero-order valence-electron chi connectivity index (χ0n) is 26.2. The van der Waals surface area contributed by atoms with Gasteiger partial charge in [-0.25, -0.2) is 15.0 Å². The summed E-state index contributed by atoms with van der Waals surface area (Å²) >= 11 is 1.83. The Bertz CT molecular complexity index is 2440. The normalized spacial score (nSPS) is 13.4. The molecule has 0 atom stereocenters. The fourth-order valence-corrected chi connectivity index (χ4v) is 8.78. The van der Waals surface area contributed by atoms with Gasteiger partial charge in [0.25, 0.3) is 0 Å². The molecule has 2 aromatic heterocycles. The predicted octanol–water partition coefficient (Wildman–Crippen LogP) is 11.0. The lowest BCUT2D eigenvalue weighted by Gasteiger charge is -2.39. The van der Waals surface area contributed by atoms with Gasteiger partial charge in [-0.15, -0.1) is 0 Å². The summed E-state index contributed by atoms with van der Waals surface area (Å²) in [6.45, 7) is 0. The quantitative estimate of drug-likeness (QED) is 0.191. The van der Waals surface area contributed by atoms with Crippen molar-refractivity contribution in [2.24, 2.45) is 0 Å². The van der Waals surface area contributed by atoms with Crippen LogP contribution in [0.1, 0.15) is 22.3 Å². The fraction of sp³-hybridized carbons (Fsp3) is 0.0227. The first-order valence-electron chi connectivity index (χ1n) is 16.4. The summed E-state index contributed by atoms with van der Waals surface area (Å²) in [6.07, 6.45) is 0. The molecule has 0 radical (unpaired) electrons. The standard InChI is InChI=1S/C44H27N3OS/c1-3-13-28(14-4-1)41-45-42(29-15-5-2-6-16-29)47-43(46-41)38-26-25-37(48-38)30-23-24-36-40(27-30)49-39-22-12-11-21-35(39)44(36)33-19-9-7-17-31(33)32-18-8-10-20-34(32)44/h1-27H. The molecule has 0 N–H and O–H groups in total. The number of benzene rings is 6. The van der Waals surface area contributed by atoms with E-state index in [9.17, 15) is 0 Å². The number of rotatable bonds is 4. The van der Waals surface area contributed by atoms with Crippen LogP contribution in [0.15, 0.2) is 178 Å². The van der Waals surface area contributed by atoms with E-state index in [4.69, 9.17) is 19.4 Å². The van der Waals surface area contributed by atoms with E-state index in [0.29, 0.717) is 23.2 Å². The Hall–Kier alpha value is -6.04. The molecule has 0 saturated heterocycles. The second kappa shape index (κ2) is 11.0. The van der Waals surface area contributed by atoms with Crippen LogP contribution in [0.4, 0.5) is 0 Å². The molecule has 2 aliphatic rings. The summed E-state index contributed by atoms with van der Waals surface area (Å²) < 4.78 is 6.57. The minimum atomic E-state index is -0.399.